The van der Waals surface area contributed by atoms with Crippen LogP contribution in [-0.2, 0) is 16.0 Å². The molecule has 2 N–H and O–H groups in total. The van der Waals surface area contributed by atoms with Crippen LogP contribution in [0.15, 0.2) is 54.6 Å². The molecule has 0 saturated heterocycles. The molecule has 7 heteroatoms. The fourth-order valence-electron chi connectivity index (χ4n) is 3.28. The smallest absolute Gasteiger partial charge is 0.262 e. The number of fused-ring (bicyclic) bond motifs is 1. The van der Waals surface area contributed by atoms with Gasteiger partial charge in [0.05, 0.1) is 11.1 Å². The van der Waals surface area contributed by atoms with Crippen LogP contribution in [0.4, 0.5) is 0 Å². The van der Waals surface area contributed by atoms with E-state index in [2.05, 4.69) is 10.9 Å². The van der Waals surface area contributed by atoms with E-state index in [1.807, 2.05) is 30.3 Å². The Bertz CT molecular complexity index is 918. The Kier molecular flexibility index (Phi) is 4.65. The van der Waals surface area contributed by atoms with Crippen molar-refractivity contribution in [3.63, 3.8) is 0 Å². The van der Waals surface area contributed by atoms with E-state index in [9.17, 15) is 19.2 Å². The van der Waals surface area contributed by atoms with E-state index < -0.39 is 23.8 Å². The fraction of sp³-hybridized carbons (Fsp3) is 0.238. The van der Waals surface area contributed by atoms with Crippen molar-refractivity contribution in [1.82, 2.24) is 15.8 Å². The van der Waals surface area contributed by atoms with Gasteiger partial charge in [-0.15, -0.1) is 0 Å². The highest BCUT2D eigenvalue weighted by atomic mass is 16.2. The number of rotatable bonds is 5. The molecule has 0 spiro atoms. The van der Waals surface area contributed by atoms with Crippen molar-refractivity contribution >= 4 is 23.6 Å². The van der Waals surface area contributed by atoms with Crippen molar-refractivity contribution in [2.45, 2.75) is 25.3 Å². The minimum atomic E-state index is -1.07. The van der Waals surface area contributed by atoms with Gasteiger partial charge in [-0.1, -0.05) is 42.5 Å². The number of benzene rings is 2. The number of hydrazine groups is 1. The molecular weight excluding hydrogens is 358 g/mol. The average molecular weight is 377 g/mol. The van der Waals surface area contributed by atoms with Crippen molar-refractivity contribution < 1.29 is 19.2 Å². The fourth-order valence-corrected chi connectivity index (χ4v) is 3.28. The zero-order chi connectivity index (χ0) is 19.7. The maximum Gasteiger partial charge on any atom is 0.262 e. The molecule has 0 unspecified atom stereocenters. The SMILES string of the molecule is O=C(NNC(=O)[C@H](Cc1ccccc1)N1C(=O)c2ccccc2C1=O)C1CC1. The molecular formula is C21H19N3O4. The Morgan fingerprint density at radius 1 is 0.893 bits per heavy atom. The van der Waals surface area contributed by atoms with Crippen LogP contribution in [-0.4, -0.2) is 34.6 Å². The second kappa shape index (κ2) is 7.26. The van der Waals surface area contributed by atoms with Crippen molar-refractivity contribution in [3.05, 3.63) is 71.3 Å². The van der Waals surface area contributed by atoms with Crippen LogP contribution in [0.5, 0.6) is 0 Å². The number of carbonyl (C=O) groups excluding carboxylic acids is 4. The summed E-state index contributed by atoms with van der Waals surface area (Å²) in [4.78, 5) is 51.4. The molecule has 2 aliphatic rings. The van der Waals surface area contributed by atoms with Gasteiger partial charge in [-0.3, -0.25) is 34.9 Å². The third kappa shape index (κ3) is 3.38. The van der Waals surface area contributed by atoms with Crippen molar-refractivity contribution in [2.24, 2.45) is 5.92 Å². The third-order valence-electron chi connectivity index (χ3n) is 4.97. The molecule has 28 heavy (non-hydrogen) atoms. The highest BCUT2D eigenvalue weighted by Gasteiger charge is 2.43. The molecule has 1 atom stereocenters. The summed E-state index contributed by atoms with van der Waals surface area (Å²) >= 11 is 0. The normalized spacial score (nSPS) is 16.5. The Morgan fingerprint density at radius 3 is 2.04 bits per heavy atom. The number of amides is 4. The molecule has 1 heterocycles. The van der Waals surface area contributed by atoms with E-state index in [1.165, 1.54) is 0 Å². The molecule has 1 fully saturated rings. The van der Waals surface area contributed by atoms with Crippen molar-refractivity contribution in [1.29, 1.82) is 0 Å². The minimum Gasteiger partial charge on any atom is -0.273 e. The zero-order valence-electron chi connectivity index (χ0n) is 15.1. The summed E-state index contributed by atoms with van der Waals surface area (Å²) in [5, 5.41) is 0. The van der Waals surface area contributed by atoms with Crippen LogP contribution < -0.4 is 10.9 Å². The molecule has 4 amide bonds. The van der Waals surface area contributed by atoms with Crippen LogP contribution in [0.1, 0.15) is 39.1 Å². The summed E-state index contributed by atoms with van der Waals surface area (Å²) in [5.74, 6) is -1.95. The highest BCUT2D eigenvalue weighted by molar-refractivity contribution is 6.22. The monoisotopic (exact) mass is 377 g/mol. The van der Waals surface area contributed by atoms with E-state index in [1.54, 1.807) is 24.3 Å². The quantitative estimate of drug-likeness (QED) is 0.609. The highest BCUT2D eigenvalue weighted by Crippen LogP contribution is 2.28. The van der Waals surface area contributed by atoms with Crippen LogP contribution in [0, 0.1) is 5.92 Å². The van der Waals surface area contributed by atoms with E-state index in [0.717, 1.165) is 23.3 Å². The maximum atomic E-state index is 12.9. The lowest BCUT2D eigenvalue weighted by Gasteiger charge is -2.25. The van der Waals surface area contributed by atoms with Crippen LogP contribution in [0.3, 0.4) is 0 Å². The molecule has 0 radical (unpaired) electrons. The van der Waals surface area contributed by atoms with Gasteiger partial charge in [0.15, 0.2) is 0 Å². The molecule has 1 aliphatic heterocycles. The van der Waals surface area contributed by atoms with Gasteiger partial charge < -0.3 is 0 Å². The van der Waals surface area contributed by atoms with Gasteiger partial charge in [0, 0.05) is 12.3 Å². The zero-order valence-corrected chi connectivity index (χ0v) is 15.1. The first-order valence-electron chi connectivity index (χ1n) is 9.17. The summed E-state index contributed by atoms with van der Waals surface area (Å²) in [6, 6.07) is 14.5. The number of imide groups is 1. The standard InChI is InChI=1S/C21H19N3O4/c25-18(14-10-11-14)22-23-19(26)17(12-13-6-2-1-3-7-13)24-20(27)15-8-4-5-9-16(15)21(24)28/h1-9,14,17H,10-12H2,(H,22,25)(H,23,26)/t17-/m0/s1. The molecule has 0 bridgehead atoms. The molecule has 1 aliphatic carbocycles. The molecule has 0 aromatic heterocycles. The predicted molar refractivity (Wildman–Crippen MR) is 99.9 cm³/mol. The summed E-state index contributed by atoms with van der Waals surface area (Å²) < 4.78 is 0. The molecule has 4 rings (SSSR count). The molecule has 142 valence electrons. The van der Waals surface area contributed by atoms with Gasteiger partial charge in [0.25, 0.3) is 17.7 Å². The average Bonchev–Trinajstić information content (AvgIpc) is 3.54. The van der Waals surface area contributed by atoms with E-state index in [4.69, 9.17) is 0 Å². The maximum absolute atomic E-state index is 12.9. The number of carbonyl (C=O) groups is 4. The third-order valence-corrected chi connectivity index (χ3v) is 4.97. The largest absolute Gasteiger partial charge is 0.273 e. The summed E-state index contributed by atoms with van der Waals surface area (Å²) in [5.41, 5.74) is 6.14. The van der Waals surface area contributed by atoms with Gasteiger partial charge in [0.2, 0.25) is 5.91 Å². The molecule has 2 aromatic carbocycles. The first-order chi connectivity index (χ1) is 13.6. The summed E-state index contributed by atoms with van der Waals surface area (Å²) in [7, 11) is 0. The van der Waals surface area contributed by atoms with E-state index in [0.29, 0.717) is 0 Å². The van der Waals surface area contributed by atoms with E-state index >= 15 is 0 Å². The lowest BCUT2D eigenvalue weighted by atomic mass is 10.0. The van der Waals surface area contributed by atoms with Gasteiger partial charge in [-0.05, 0) is 30.5 Å². The minimum absolute atomic E-state index is 0.0767. The lowest BCUT2D eigenvalue weighted by Crippen LogP contribution is -2.55. The second-order valence-electron chi connectivity index (χ2n) is 6.98. The number of nitrogens with one attached hydrogen (secondary N) is 2. The van der Waals surface area contributed by atoms with Gasteiger partial charge in [0.1, 0.15) is 6.04 Å². The Morgan fingerprint density at radius 2 is 1.46 bits per heavy atom. The first kappa shape index (κ1) is 17.9. The molecule has 7 nitrogen and oxygen atoms in total. The lowest BCUT2D eigenvalue weighted by molar-refractivity contribution is -0.131. The number of hydrogen-bond donors (Lipinski definition) is 2. The molecule has 2 aromatic rings. The number of nitrogens with zero attached hydrogens (tertiary/aromatic N) is 1. The van der Waals surface area contributed by atoms with Crippen LogP contribution >= 0.6 is 0 Å². The summed E-state index contributed by atoms with van der Waals surface area (Å²) in [6.07, 6.45) is 1.75. The molecule has 1 saturated carbocycles. The Hall–Kier alpha value is -3.48. The Labute approximate surface area is 161 Å². The van der Waals surface area contributed by atoms with Gasteiger partial charge in [-0.25, -0.2) is 0 Å². The van der Waals surface area contributed by atoms with Gasteiger partial charge in [-0.2, -0.15) is 0 Å². The van der Waals surface area contributed by atoms with Crippen molar-refractivity contribution in [3.8, 4) is 0 Å². The first-order valence-corrected chi connectivity index (χ1v) is 9.17. The topological polar surface area (TPSA) is 95.6 Å². The number of hydrogen-bond acceptors (Lipinski definition) is 4. The predicted octanol–water partition coefficient (Wildman–Crippen LogP) is 1.45. The van der Waals surface area contributed by atoms with Gasteiger partial charge >= 0.3 is 0 Å². The Balaban J connectivity index is 1.59. The van der Waals surface area contributed by atoms with Crippen LogP contribution in [0.2, 0.25) is 0 Å². The second-order valence-corrected chi connectivity index (χ2v) is 6.98. The van der Waals surface area contributed by atoms with Crippen molar-refractivity contribution in [2.75, 3.05) is 0 Å². The van der Waals surface area contributed by atoms with E-state index in [-0.39, 0.29) is 29.4 Å². The van der Waals surface area contributed by atoms with Crippen LogP contribution in [0.25, 0.3) is 0 Å². The summed E-state index contributed by atoms with van der Waals surface area (Å²) in [6.45, 7) is 0.